The van der Waals surface area contributed by atoms with Crippen LogP contribution in [0, 0.1) is 11.6 Å². The number of anilines is 1. The lowest BCUT2D eigenvalue weighted by molar-refractivity contribution is -0.120. The molecule has 0 saturated carbocycles. The molecule has 1 aliphatic heterocycles. The number of likely N-dealkylation sites (N-methyl/N-ethyl adjacent to an activating group) is 1. The number of fused-ring (bicyclic) bond motifs is 1. The summed E-state index contributed by atoms with van der Waals surface area (Å²) < 4.78 is 26.6. The Morgan fingerprint density at radius 2 is 2.18 bits per heavy atom. The molecule has 4 nitrogen and oxygen atoms in total. The van der Waals surface area contributed by atoms with Gasteiger partial charge in [0.25, 0.3) is 0 Å². The molecule has 17 heavy (non-hydrogen) atoms. The first kappa shape index (κ1) is 11.9. The van der Waals surface area contributed by atoms with Crippen molar-refractivity contribution in [3.63, 3.8) is 0 Å². The molecule has 0 aliphatic carbocycles. The van der Waals surface area contributed by atoms with Gasteiger partial charge in [-0.1, -0.05) is 0 Å². The Balaban J connectivity index is 2.42. The highest BCUT2D eigenvalue weighted by Gasteiger charge is 2.35. The molecule has 3 N–H and O–H groups in total. The standard InChI is InChI=1S/C11H13F2N3O/c1-16(3-2-14)10-7-4-6(12)5-8(13)9(7)15-11(10)17/h4-5,10H,2-3,14H2,1H3,(H,15,17). The van der Waals surface area contributed by atoms with Crippen LogP contribution in [0.1, 0.15) is 11.6 Å². The van der Waals surface area contributed by atoms with Crippen molar-refractivity contribution in [3.8, 4) is 0 Å². The molecule has 2 rings (SSSR count). The summed E-state index contributed by atoms with van der Waals surface area (Å²) >= 11 is 0. The maximum atomic E-state index is 13.4. The van der Waals surface area contributed by atoms with Crippen LogP contribution >= 0.6 is 0 Å². The van der Waals surface area contributed by atoms with Gasteiger partial charge >= 0.3 is 0 Å². The molecular formula is C11H13F2N3O. The van der Waals surface area contributed by atoms with E-state index in [-0.39, 0.29) is 11.6 Å². The number of benzene rings is 1. The van der Waals surface area contributed by atoms with Gasteiger partial charge in [0.1, 0.15) is 17.7 Å². The van der Waals surface area contributed by atoms with Crippen molar-refractivity contribution in [1.29, 1.82) is 0 Å². The zero-order valence-corrected chi connectivity index (χ0v) is 9.34. The molecule has 1 atom stereocenters. The maximum Gasteiger partial charge on any atom is 0.246 e. The Bertz CT molecular complexity index is 464. The van der Waals surface area contributed by atoms with Crippen molar-refractivity contribution in [2.24, 2.45) is 5.73 Å². The predicted octanol–water partition coefficient (Wildman–Crippen LogP) is 0.848. The highest BCUT2D eigenvalue weighted by Crippen LogP contribution is 2.36. The molecular weight excluding hydrogens is 228 g/mol. The third-order valence-electron chi connectivity index (χ3n) is 2.80. The van der Waals surface area contributed by atoms with E-state index in [1.54, 1.807) is 11.9 Å². The van der Waals surface area contributed by atoms with Gasteiger partial charge in [-0.3, -0.25) is 9.69 Å². The van der Waals surface area contributed by atoms with Gasteiger partial charge < -0.3 is 11.1 Å². The summed E-state index contributed by atoms with van der Waals surface area (Å²) in [5.74, 6) is -1.80. The molecule has 1 aliphatic rings. The average molecular weight is 241 g/mol. The molecule has 1 heterocycles. The molecule has 0 spiro atoms. The fourth-order valence-corrected chi connectivity index (χ4v) is 2.04. The molecule has 0 saturated heterocycles. The molecule has 6 heteroatoms. The maximum absolute atomic E-state index is 13.4. The van der Waals surface area contributed by atoms with E-state index in [2.05, 4.69) is 5.32 Å². The summed E-state index contributed by atoms with van der Waals surface area (Å²) in [7, 11) is 1.69. The fraction of sp³-hybridized carbons (Fsp3) is 0.364. The second-order valence-electron chi connectivity index (χ2n) is 4.01. The van der Waals surface area contributed by atoms with Crippen molar-refractivity contribution in [2.45, 2.75) is 6.04 Å². The summed E-state index contributed by atoms with van der Waals surface area (Å²) in [5.41, 5.74) is 5.78. The van der Waals surface area contributed by atoms with Crippen LogP contribution in [0.3, 0.4) is 0 Å². The number of hydrogen-bond donors (Lipinski definition) is 2. The first-order valence-electron chi connectivity index (χ1n) is 5.24. The number of nitrogens with one attached hydrogen (secondary N) is 1. The van der Waals surface area contributed by atoms with Crippen LogP contribution < -0.4 is 11.1 Å². The lowest BCUT2D eigenvalue weighted by Gasteiger charge is -2.21. The Labute approximate surface area is 97.4 Å². The molecule has 0 fully saturated rings. The fourth-order valence-electron chi connectivity index (χ4n) is 2.04. The second kappa shape index (κ2) is 4.38. The van der Waals surface area contributed by atoms with Crippen LogP contribution in [0.5, 0.6) is 0 Å². The zero-order chi connectivity index (χ0) is 12.6. The number of halogens is 2. The summed E-state index contributed by atoms with van der Waals surface area (Å²) in [6.45, 7) is 0.836. The minimum Gasteiger partial charge on any atom is -0.329 e. The van der Waals surface area contributed by atoms with Crippen LogP contribution in [-0.2, 0) is 4.79 Å². The summed E-state index contributed by atoms with van der Waals surface area (Å²) in [4.78, 5) is 13.4. The van der Waals surface area contributed by atoms with Crippen molar-refractivity contribution in [2.75, 3.05) is 25.5 Å². The Morgan fingerprint density at radius 1 is 1.47 bits per heavy atom. The average Bonchev–Trinajstić information content (AvgIpc) is 2.55. The molecule has 0 aromatic heterocycles. The molecule has 92 valence electrons. The van der Waals surface area contributed by atoms with E-state index in [9.17, 15) is 13.6 Å². The van der Waals surface area contributed by atoms with Crippen LogP contribution in [-0.4, -0.2) is 30.9 Å². The van der Waals surface area contributed by atoms with Gasteiger partial charge in [-0.05, 0) is 13.1 Å². The van der Waals surface area contributed by atoms with E-state index in [1.807, 2.05) is 0 Å². The quantitative estimate of drug-likeness (QED) is 0.824. The van der Waals surface area contributed by atoms with E-state index in [0.717, 1.165) is 6.07 Å². The van der Waals surface area contributed by atoms with Gasteiger partial charge in [-0.15, -0.1) is 0 Å². The lowest BCUT2D eigenvalue weighted by Crippen LogP contribution is -2.33. The van der Waals surface area contributed by atoms with Crippen molar-refractivity contribution >= 4 is 11.6 Å². The van der Waals surface area contributed by atoms with E-state index in [1.165, 1.54) is 6.07 Å². The summed E-state index contributed by atoms with van der Waals surface area (Å²) in [6.07, 6.45) is 0. The SMILES string of the molecule is CN(CCN)C1C(=O)Nc2c(F)cc(F)cc21. The van der Waals surface area contributed by atoms with Gasteiger partial charge in [0, 0.05) is 24.7 Å². The third-order valence-corrected chi connectivity index (χ3v) is 2.80. The highest BCUT2D eigenvalue weighted by atomic mass is 19.1. The van der Waals surface area contributed by atoms with Gasteiger partial charge in [-0.25, -0.2) is 8.78 Å². The smallest absolute Gasteiger partial charge is 0.246 e. The molecule has 1 unspecified atom stereocenters. The number of carbonyl (C=O) groups is 1. The van der Waals surface area contributed by atoms with Crippen LogP contribution in [0.15, 0.2) is 12.1 Å². The molecule has 1 amide bonds. The van der Waals surface area contributed by atoms with Gasteiger partial charge in [-0.2, -0.15) is 0 Å². The lowest BCUT2D eigenvalue weighted by atomic mass is 10.1. The Kier molecular flexibility index (Phi) is 3.08. The molecule has 0 radical (unpaired) electrons. The topological polar surface area (TPSA) is 58.4 Å². The molecule has 1 aromatic carbocycles. The van der Waals surface area contributed by atoms with E-state index >= 15 is 0 Å². The zero-order valence-electron chi connectivity index (χ0n) is 9.34. The van der Waals surface area contributed by atoms with Crippen LogP contribution in [0.2, 0.25) is 0 Å². The van der Waals surface area contributed by atoms with Crippen LogP contribution in [0.4, 0.5) is 14.5 Å². The first-order valence-corrected chi connectivity index (χ1v) is 5.24. The highest BCUT2D eigenvalue weighted by molar-refractivity contribution is 6.02. The van der Waals surface area contributed by atoms with Gasteiger partial charge in [0.2, 0.25) is 5.91 Å². The minimum absolute atomic E-state index is 0.0604. The van der Waals surface area contributed by atoms with Crippen molar-refractivity contribution in [1.82, 2.24) is 4.90 Å². The number of amides is 1. The normalized spacial score (nSPS) is 18.4. The number of hydrogen-bond acceptors (Lipinski definition) is 3. The van der Waals surface area contributed by atoms with Gasteiger partial charge in [0.15, 0.2) is 0 Å². The first-order chi connectivity index (χ1) is 8.04. The molecule has 0 bridgehead atoms. The number of carbonyl (C=O) groups excluding carboxylic acids is 1. The number of nitrogens with zero attached hydrogens (tertiary/aromatic N) is 1. The van der Waals surface area contributed by atoms with E-state index < -0.39 is 17.7 Å². The van der Waals surface area contributed by atoms with Crippen molar-refractivity contribution < 1.29 is 13.6 Å². The Morgan fingerprint density at radius 3 is 2.82 bits per heavy atom. The third kappa shape index (κ3) is 2.01. The second-order valence-corrected chi connectivity index (χ2v) is 4.01. The van der Waals surface area contributed by atoms with Crippen LogP contribution in [0.25, 0.3) is 0 Å². The predicted molar refractivity (Wildman–Crippen MR) is 59.4 cm³/mol. The minimum atomic E-state index is -0.753. The largest absolute Gasteiger partial charge is 0.329 e. The monoisotopic (exact) mass is 241 g/mol. The van der Waals surface area contributed by atoms with Crippen molar-refractivity contribution in [3.05, 3.63) is 29.3 Å². The van der Waals surface area contributed by atoms with E-state index in [0.29, 0.717) is 18.7 Å². The molecule has 1 aromatic rings. The van der Waals surface area contributed by atoms with Gasteiger partial charge in [0.05, 0.1) is 5.69 Å². The number of nitrogens with two attached hydrogens (primary N) is 1. The number of rotatable bonds is 3. The van der Waals surface area contributed by atoms with E-state index in [4.69, 9.17) is 5.73 Å². The summed E-state index contributed by atoms with van der Waals surface area (Å²) in [6, 6.07) is 1.25. The summed E-state index contributed by atoms with van der Waals surface area (Å²) in [5, 5.41) is 2.42. The Hall–Kier alpha value is -1.53.